The molecule has 2 bridgehead atoms. The zero-order valence-electron chi connectivity index (χ0n) is 9.50. The van der Waals surface area contributed by atoms with E-state index in [0.717, 1.165) is 25.0 Å². The fourth-order valence-corrected chi connectivity index (χ4v) is 3.92. The van der Waals surface area contributed by atoms with Gasteiger partial charge in [0.1, 0.15) is 6.10 Å². The summed E-state index contributed by atoms with van der Waals surface area (Å²) >= 11 is 0. The monoisotopic (exact) mass is 233 g/mol. The van der Waals surface area contributed by atoms with Gasteiger partial charge in [-0.2, -0.15) is 0 Å². The van der Waals surface area contributed by atoms with Crippen LogP contribution < -0.4 is 0 Å². The van der Waals surface area contributed by atoms with Gasteiger partial charge in [0.15, 0.2) is 5.60 Å². The van der Waals surface area contributed by atoms with Gasteiger partial charge in [-0.05, 0) is 19.4 Å². The first-order valence-electron chi connectivity index (χ1n) is 6.28. The number of carbonyl (C=O) groups excluding carboxylic acids is 1. The van der Waals surface area contributed by atoms with Crippen LogP contribution in [0.15, 0.2) is 23.8 Å². The molecular formula is C13H15NO3. The van der Waals surface area contributed by atoms with Crippen LogP contribution in [0, 0.1) is 0 Å². The van der Waals surface area contributed by atoms with Gasteiger partial charge >= 0.3 is 5.97 Å². The lowest BCUT2D eigenvalue weighted by Gasteiger charge is -2.51. The third-order valence-electron chi connectivity index (χ3n) is 4.67. The molecule has 1 spiro atoms. The highest BCUT2D eigenvalue weighted by atomic mass is 16.6. The minimum Gasteiger partial charge on any atom is -0.448 e. The van der Waals surface area contributed by atoms with E-state index in [1.807, 2.05) is 6.08 Å². The average molecular weight is 233 g/mol. The molecule has 3 heterocycles. The standard InChI is InChI=1S/C13H15NO3/c15-11-6-8-3-4-9-7-13(8,17-11)12(16)10-2-1-5-14(9)10/h3-4,6,9-10,12,16H,1-2,5,7H2/t9-,10+,12+,13+/m0/s1. The first-order chi connectivity index (χ1) is 8.21. The van der Waals surface area contributed by atoms with Crippen LogP contribution in [0.2, 0.25) is 0 Å². The van der Waals surface area contributed by atoms with E-state index in [1.54, 1.807) is 0 Å². The predicted octanol–water partition coefficient (Wildman–Crippen LogP) is 0.376. The Hall–Kier alpha value is -1.13. The Balaban J connectivity index is 1.84. The molecule has 0 aromatic carbocycles. The van der Waals surface area contributed by atoms with Gasteiger partial charge in [-0.15, -0.1) is 0 Å². The molecule has 0 amide bonds. The fraction of sp³-hybridized carbons (Fsp3) is 0.615. The lowest BCUT2D eigenvalue weighted by Crippen LogP contribution is -2.64. The molecule has 4 nitrogen and oxygen atoms in total. The van der Waals surface area contributed by atoms with E-state index in [4.69, 9.17) is 4.74 Å². The van der Waals surface area contributed by atoms with Crippen LogP contribution in [0.1, 0.15) is 19.3 Å². The molecule has 3 aliphatic heterocycles. The van der Waals surface area contributed by atoms with Crippen molar-refractivity contribution in [3.8, 4) is 0 Å². The normalized spacial score (nSPS) is 47.5. The van der Waals surface area contributed by atoms with Gasteiger partial charge in [0.2, 0.25) is 0 Å². The highest BCUT2D eigenvalue weighted by molar-refractivity contribution is 5.88. The second-order valence-electron chi connectivity index (χ2n) is 5.43. The molecular weight excluding hydrogens is 218 g/mol. The number of aliphatic hydroxyl groups excluding tert-OH is 1. The van der Waals surface area contributed by atoms with Crippen molar-refractivity contribution in [3.05, 3.63) is 23.8 Å². The van der Waals surface area contributed by atoms with Gasteiger partial charge in [0, 0.05) is 30.2 Å². The molecule has 2 saturated heterocycles. The first kappa shape index (κ1) is 9.85. The van der Waals surface area contributed by atoms with Crippen LogP contribution in [0.4, 0.5) is 0 Å². The molecule has 0 radical (unpaired) electrons. The van der Waals surface area contributed by atoms with Crippen LogP contribution >= 0.6 is 0 Å². The minimum atomic E-state index is -0.748. The topological polar surface area (TPSA) is 49.8 Å². The number of piperidine rings is 1. The SMILES string of the molecule is O=C1C=C2C=C[C@H]3C[C@]2(O1)[C@H](O)[C@H]1CCCN13. The maximum atomic E-state index is 11.5. The third-order valence-corrected chi connectivity index (χ3v) is 4.67. The number of rotatable bonds is 0. The molecule has 4 aliphatic rings. The van der Waals surface area contributed by atoms with E-state index in [1.165, 1.54) is 6.08 Å². The van der Waals surface area contributed by atoms with Gasteiger partial charge in [-0.1, -0.05) is 12.2 Å². The van der Waals surface area contributed by atoms with Crippen LogP contribution in [0.3, 0.4) is 0 Å². The van der Waals surface area contributed by atoms with Gasteiger partial charge in [0.25, 0.3) is 0 Å². The summed E-state index contributed by atoms with van der Waals surface area (Å²) in [6.45, 7) is 1.04. The van der Waals surface area contributed by atoms with Crippen molar-refractivity contribution >= 4 is 5.97 Å². The fourth-order valence-electron chi connectivity index (χ4n) is 3.92. The number of fused-ring (bicyclic) bond motifs is 3. The summed E-state index contributed by atoms with van der Waals surface area (Å²) in [5, 5.41) is 10.6. The van der Waals surface area contributed by atoms with Crippen molar-refractivity contribution in [2.45, 2.75) is 43.1 Å². The molecule has 0 saturated carbocycles. The zero-order valence-corrected chi connectivity index (χ0v) is 9.50. The van der Waals surface area contributed by atoms with Crippen LogP contribution in [-0.4, -0.2) is 46.3 Å². The minimum absolute atomic E-state index is 0.146. The van der Waals surface area contributed by atoms with Gasteiger partial charge < -0.3 is 9.84 Å². The summed E-state index contributed by atoms with van der Waals surface area (Å²) in [4.78, 5) is 13.8. The largest absolute Gasteiger partial charge is 0.448 e. The Labute approximate surface area is 99.5 Å². The van der Waals surface area contributed by atoms with Crippen molar-refractivity contribution in [3.63, 3.8) is 0 Å². The Morgan fingerprint density at radius 2 is 2.41 bits per heavy atom. The summed E-state index contributed by atoms with van der Waals surface area (Å²) in [5.74, 6) is -0.309. The highest BCUT2D eigenvalue weighted by Crippen LogP contribution is 2.48. The van der Waals surface area contributed by atoms with Crippen molar-refractivity contribution in [2.24, 2.45) is 0 Å². The van der Waals surface area contributed by atoms with Crippen LogP contribution in [-0.2, 0) is 9.53 Å². The summed E-state index contributed by atoms with van der Waals surface area (Å²) < 4.78 is 5.48. The predicted molar refractivity (Wildman–Crippen MR) is 60.2 cm³/mol. The van der Waals surface area contributed by atoms with Crippen molar-refractivity contribution in [1.29, 1.82) is 0 Å². The van der Waals surface area contributed by atoms with Crippen LogP contribution in [0.25, 0.3) is 0 Å². The van der Waals surface area contributed by atoms with E-state index < -0.39 is 11.7 Å². The number of carbonyl (C=O) groups is 1. The second kappa shape index (κ2) is 3.00. The summed E-state index contributed by atoms with van der Waals surface area (Å²) in [6, 6.07) is 0.460. The van der Waals surface area contributed by atoms with Gasteiger partial charge in [-0.25, -0.2) is 4.79 Å². The quantitative estimate of drug-likeness (QED) is 0.614. The van der Waals surface area contributed by atoms with E-state index >= 15 is 0 Å². The maximum absolute atomic E-state index is 11.5. The Bertz CT molecular complexity index is 456. The van der Waals surface area contributed by atoms with Gasteiger partial charge in [-0.3, -0.25) is 4.90 Å². The smallest absolute Gasteiger partial charge is 0.332 e. The van der Waals surface area contributed by atoms with Crippen LogP contribution in [0.5, 0.6) is 0 Å². The summed E-state index contributed by atoms with van der Waals surface area (Å²) in [6.07, 6.45) is 7.88. The zero-order chi connectivity index (χ0) is 11.6. The van der Waals surface area contributed by atoms with E-state index in [2.05, 4.69) is 11.0 Å². The number of ether oxygens (including phenoxy) is 1. The molecule has 0 aromatic heterocycles. The molecule has 4 heteroatoms. The molecule has 1 aliphatic carbocycles. The van der Waals surface area contributed by atoms with Gasteiger partial charge in [0.05, 0.1) is 0 Å². The number of aliphatic hydroxyl groups is 1. The summed E-state index contributed by atoms with van der Waals surface area (Å²) in [5.41, 5.74) is 0.111. The van der Waals surface area contributed by atoms with E-state index in [-0.39, 0.29) is 12.0 Å². The number of esters is 1. The number of nitrogens with zero attached hydrogens (tertiary/aromatic N) is 1. The molecule has 4 atom stereocenters. The molecule has 1 N–H and O–H groups in total. The Morgan fingerprint density at radius 1 is 1.53 bits per heavy atom. The van der Waals surface area contributed by atoms with Crippen molar-refractivity contribution < 1.29 is 14.6 Å². The molecule has 90 valence electrons. The third kappa shape index (κ3) is 1.07. The average Bonchev–Trinajstić information content (AvgIpc) is 2.88. The second-order valence-corrected chi connectivity index (χ2v) is 5.43. The van der Waals surface area contributed by atoms with Crippen molar-refractivity contribution in [1.82, 2.24) is 4.90 Å². The van der Waals surface area contributed by atoms with Crippen molar-refractivity contribution in [2.75, 3.05) is 6.54 Å². The number of hydrogen-bond acceptors (Lipinski definition) is 4. The lowest BCUT2D eigenvalue weighted by molar-refractivity contribution is -0.173. The van der Waals surface area contributed by atoms with E-state index in [9.17, 15) is 9.90 Å². The molecule has 2 fully saturated rings. The Morgan fingerprint density at radius 3 is 3.29 bits per heavy atom. The van der Waals surface area contributed by atoms with E-state index in [0.29, 0.717) is 12.5 Å². The Kier molecular flexibility index (Phi) is 1.74. The lowest BCUT2D eigenvalue weighted by atomic mass is 9.72. The molecule has 0 aromatic rings. The molecule has 17 heavy (non-hydrogen) atoms. The molecule has 0 unspecified atom stereocenters. The summed E-state index contributed by atoms with van der Waals surface area (Å²) in [7, 11) is 0. The molecule has 4 rings (SSSR count). The highest BCUT2D eigenvalue weighted by Gasteiger charge is 2.59. The maximum Gasteiger partial charge on any atom is 0.332 e. The number of hydrogen-bond donors (Lipinski definition) is 1. The first-order valence-corrected chi connectivity index (χ1v) is 6.28.